The highest BCUT2D eigenvalue weighted by atomic mass is 19.4. The van der Waals surface area contributed by atoms with Crippen molar-refractivity contribution >= 4 is 11.8 Å². The van der Waals surface area contributed by atoms with Gasteiger partial charge in [-0.2, -0.15) is 18.2 Å². The number of amides is 2. The Hall–Kier alpha value is -3.76. The second kappa shape index (κ2) is 9.39. The molecule has 172 valence electrons. The molecule has 8 nitrogen and oxygen atoms in total. The van der Waals surface area contributed by atoms with Crippen LogP contribution in [0.25, 0.3) is 11.5 Å². The summed E-state index contributed by atoms with van der Waals surface area (Å²) in [7, 11) is 0. The van der Waals surface area contributed by atoms with E-state index >= 15 is 0 Å². The number of pyridine rings is 1. The molecule has 1 N–H and O–H groups in total. The molecule has 0 bridgehead atoms. The van der Waals surface area contributed by atoms with E-state index in [2.05, 4.69) is 20.4 Å². The van der Waals surface area contributed by atoms with E-state index in [4.69, 9.17) is 4.52 Å². The normalized spacial score (nSPS) is 14.8. The monoisotopic (exact) mass is 459 g/mol. The number of hydrogen-bond donors (Lipinski definition) is 1. The number of benzene rings is 1. The van der Waals surface area contributed by atoms with Gasteiger partial charge in [-0.25, -0.2) is 0 Å². The number of piperidine rings is 1. The van der Waals surface area contributed by atoms with E-state index in [0.717, 1.165) is 24.3 Å². The number of likely N-dealkylation sites (tertiary alicyclic amines) is 1. The molecule has 0 radical (unpaired) electrons. The third-order valence-corrected chi connectivity index (χ3v) is 5.41. The molecule has 0 atom stereocenters. The van der Waals surface area contributed by atoms with E-state index in [1.807, 2.05) is 6.07 Å². The van der Waals surface area contributed by atoms with Gasteiger partial charge in [-0.3, -0.25) is 14.6 Å². The van der Waals surface area contributed by atoms with Crippen LogP contribution in [0.3, 0.4) is 0 Å². The Morgan fingerprint density at radius 2 is 1.82 bits per heavy atom. The average Bonchev–Trinajstić information content (AvgIpc) is 3.33. The Bertz CT molecular complexity index is 1110. The van der Waals surface area contributed by atoms with Gasteiger partial charge in [0.1, 0.15) is 5.69 Å². The van der Waals surface area contributed by atoms with E-state index in [0.29, 0.717) is 43.3 Å². The van der Waals surface area contributed by atoms with Crippen LogP contribution in [0.4, 0.5) is 13.2 Å². The zero-order valence-corrected chi connectivity index (χ0v) is 17.4. The Labute approximate surface area is 186 Å². The first kappa shape index (κ1) is 22.4. The van der Waals surface area contributed by atoms with Crippen LogP contribution in [0.1, 0.15) is 40.6 Å². The van der Waals surface area contributed by atoms with E-state index in [1.54, 1.807) is 23.2 Å². The van der Waals surface area contributed by atoms with Crippen molar-refractivity contribution in [3.05, 3.63) is 65.7 Å². The number of nitrogens with one attached hydrogen (secondary N) is 1. The number of carbonyl (C=O) groups is 2. The Morgan fingerprint density at radius 3 is 2.45 bits per heavy atom. The van der Waals surface area contributed by atoms with Crippen LogP contribution in [0.5, 0.6) is 0 Å². The van der Waals surface area contributed by atoms with Crippen molar-refractivity contribution in [2.45, 2.75) is 24.9 Å². The van der Waals surface area contributed by atoms with Crippen LogP contribution in [-0.4, -0.2) is 51.5 Å². The van der Waals surface area contributed by atoms with Crippen molar-refractivity contribution in [2.24, 2.45) is 0 Å². The number of alkyl halides is 3. The number of halogens is 3. The molecule has 11 heteroatoms. The number of carbonyl (C=O) groups excluding carboxylic acids is 2. The lowest BCUT2D eigenvalue weighted by molar-refractivity contribution is -0.137. The van der Waals surface area contributed by atoms with E-state index in [1.165, 1.54) is 0 Å². The van der Waals surface area contributed by atoms with Crippen molar-refractivity contribution in [1.82, 2.24) is 25.3 Å². The zero-order chi connectivity index (χ0) is 23.4. The molecule has 33 heavy (non-hydrogen) atoms. The smallest absolute Gasteiger partial charge is 0.343 e. The second-order valence-electron chi connectivity index (χ2n) is 7.58. The minimum atomic E-state index is -4.47. The van der Waals surface area contributed by atoms with Gasteiger partial charge < -0.3 is 14.7 Å². The van der Waals surface area contributed by atoms with Crippen molar-refractivity contribution in [3.63, 3.8) is 0 Å². The van der Waals surface area contributed by atoms with Crippen molar-refractivity contribution in [3.8, 4) is 11.5 Å². The van der Waals surface area contributed by atoms with E-state index in [-0.39, 0.29) is 23.9 Å². The van der Waals surface area contributed by atoms with E-state index in [9.17, 15) is 22.8 Å². The maximum Gasteiger partial charge on any atom is 0.416 e. The molecular weight excluding hydrogens is 439 g/mol. The minimum Gasteiger partial charge on any atom is -0.343 e. The van der Waals surface area contributed by atoms with Gasteiger partial charge in [0.05, 0.1) is 12.1 Å². The van der Waals surface area contributed by atoms with Crippen molar-refractivity contribution in [1.29, 1.82) is 0 Å². The average molecular weight is 459 g/mol. The molecule has 1 aliphatic rings. The summed E-state index contributed by atoms with van der Waals surface area (Å²) in [4.78, 5) is 34.8. The third kappa shape index (κ3) is 5.36. The first-order valence-corrected chi connectivity index (χ1v) is 10.3. The molecule has 4 rings (SSSR count). The topological polar surface area (TPSA) is 101 Å². The summed E-state index contributed by atoms with van der Waals surface area (Å²) in [6, 6.07) is 9.24. The molecule has 2 amide bonds. The van der Waals surface area contributed by atoms with Crippen LogP contribution in [-0.2, 0) is 11.0 Å². The fraction of sp³-hybridized carbons (Fsp3) is 0.318. The van der Waals surface area contributed by atoms with Gasteiger partial charge in [0.2, 0.25) is 17.6 Å². The van der Waals surface area contributed by atoms with Crippen LogP contribution >= 0.6 is 0 Å². The van der Waals surface area contributed by atoms with Gasteiger partial charge in [-0.15, -0.1) is 0 Å². The van der Waals surface area contributed by atoms with Crippen molar-refractivity contribution < 1.29 is 27.3 Å². The summed E-state index contributed by atoms with van der Waals surface area (Å²) in [5, 5.41) is 6.43. The highest BCUT2D eigenvalue weighted by Gasteiger charge is 2.30. The molecule has 0 spiro atoms. The molecule has 3 aromatic rings. The van der Waals surface area contributed by atoms with E-state index < -0.39 is 17.6 Å². The molecule has 3 heterocycles. The molecular formula is C22H20F3N5O3. The highest BCUT2D eigenvalue weighted by Crippen LogP contribution is 2.29. The summed E-state index contributed by atoms with van der Waals surface area (Å²) in [5.74, 6) is 0.0440. The zero-order valence-electron chi connectivity index (χ0n) is 17.4. The molecule has 1 aliphatic heterocycles. The predicted molar refractivity (Wildman–Crippen MR) is 110 cm³/mol. The largest absolute Gasteiger partial charge is 0.416 e. The maximum absolute atomic E-state index is 12.6. The number of aromatic nitrogens is 3. The quantitative estimate of drug-likeness (QED) is 0.629. The van der Waals surface area contributed by atoms with Crippen LogP contribution in [0, 0.1) is 0 Å². The molecule has 1 fully saturated rings. The summed E-state index contributed by atoms with van der Waals surface area (Å²) >= 11 is 0. The number of hydrogen-bond acceptors (Lipinski definition) is 6. The second-order valence-corrected chi connectivity index (χ2v) is 7.58. The summed E-state index contributed by atoms with van der Waals surface area (Å²) in [6.45, 7) is 0.677. The first-order chi connectivity index (χ1) is 15.8. The Kier molecular flexibility index (Phi) is 6.38. The molecule has 0 saturated carbocycles. The number of rotatable bonds is 5. The van der Waals surface area contributed by atoms with Gasteiger partial charge in [0.25, 0.3) is 5.91 Å². The van der Waals surface area contributed by atoms with Crippen molar-refractivity contribution in [2.75, 3.05) is 19.6 Å². The number of nitrogens with zero attached hydrogens (tertiary/aromatic N) is 4. The van der Waals surface area contributed by atoms with Crippen LogP contribution < -0.4 is 5.32 Å². The summed E-state index contributed by atoms with van der Waals surface area (Å²) < 4.78 is 43.3. The summed E-state index contributed by atoms with van der Waals surface area (Å²) in [6.07, 6.45) is -1.57. The van der Waals surface area contributed by atoms with Gasteiger partial charge in [0.15, 0.2) is 0 Å². The lowest BCUT2D eigenvalue weighted by Crippen LogP contribution is -2.43. The fourth-order valence-electron chi connectivity index (χ4n) is 3.56. The molecule has 1 aromatic carbocycles. The SMILES string of the molecule is O=C(NCC(=O)N1CCC(c2nc(-c3ccccn3)no2)CC1)c1ccc(C(F)(F)F)cc1. The van der Waals surface area contributed by atoms with Gasteiger partial charge in [-0.1, -0.05) is 11.2 Å². The van der Waals surface area contributed by atoms with Gasteiger partial charge in [-0.05, 0) is 49.2 Å². The van der Waals surface area contributed by atoms with Crippen LogP contribution in [0.15, 0.2) is 53.2 Å². The van der Waals surface area contributed by atoms with Gasteiger partial charge in [0, 0.05) is 30.8 Å². The molecule has 0 unspecified atom stereocenters. The lowest BCUT2D eigenvalue weighted by atomic mass is 9.96. The standard InChI is InChI=1S/C22H20F3N5O3/c23-22(24,25)16-6-4-14(5-7-16)20(32)27-13-18(31)30-11-8-15(9-12-30)21-28-19(29-33-21)17-3-1-2-10-26-17/h1-7,10,15H,8-9,11-13H2,(H,27,32). The Balaban J connectivity index is 1.26. The van der Waals surface area contributed by atoms with Crippen LogP contribution in [0.2, 0.25) is 0 Å². The lowest BCUT2D eigenvalue weighted by Gasteiger charge is -2.30. The first-order valence-electron chi connectivity index (χ1n) is 10.3. The fourth-order valence-corrected chi connectivity index (χ4v) is 3.56. The Morgan fingerprint density at radius 1 is 1.09 bits per heavy atom. The highest BCUT2D eigenvalue weighted by molar-refractivity contribution is 5.96. The predicted octanol–water partition coefficient (Wildman–Crippen LogP) is 3.29. The molecule has 0 aliphatic carbocycles. The molecule has 1 saturated heterocycles. The third-order valence-electron chi connectivity index (χ3n) is 5.41. The summed E-state index contributed by atoms with van der Waals surface area (Å²) in [5.41, 5.74) is -0.176. The maximum atomic E-state index is 12.6. The van der Waals surface area contributed by atoms with Gasteiger partial charge >= 0.3 is 6.18 Å². The molecule has 2 aromatic heterocycles. The minimum absolute atomic E-state index is 0.0146.